The molecule has 0 unspecified atom stereocenters. The van der Waals surface area contributed by atoms with Gasteiger partial charge in [0.15, 0.2) is 0 Å². The number of hydrogen-bond acceptors (Lipinski definition) is 12. The number of rotatable bonds is 40. The SMILES string of the molecule is C=CCOCC(CC)(C[O-])COCC=C.C=CCOCC(CC)(C[O-])COCC=C.C=CCOCC(CC)(C[O-])COCC=C.C=CCOCC(CC)(C[O-])COCC=C.[Ti+4]. The molecule has 0 atom stereocenters. The van der Waals surface area contributed by atoms with Gasteiger partial charge in [-0.2, -0.15) is 0 Å². The fourth-order valence-electron chi connectivity index (χ4n) is 4.59. The van der Waals surface area contributed by atoms with E-state index in [4.69, 9.17) is 37.9 Å². The zero-order valence-electron chi connectivity index (χ0n) is 38.6. The van der Waals surface area contributed by atoms with Crippen molar-refractivity contribution in [1.29, 1.82) is 0 Å². The van der Waals surface area contributed by atoms with E-state index in [9.17, 15) is 20.4 Å². The summed E-state index contributed by atoms with van der Waals surface area (Å²) in [5.74, 6) is 0. The molecule has 0 heterocycles. The quantitative estimate of drug-likeness (QED) is 0.0478. The topological polar surface area (TPSA) is 166 Å². The number of hydrogen-bond donors (Lipinski definition) is 0. The van der Waals surface area contributed by atoms with Crippen LogP contribution in [0.15, 0.2) is 101 Å². The molecule has 12 nitrogen and oxygen atoms in total. The minimum Gasteiger partial charge on any atom is -0.854 e. The Morgan fingerprint density at radius 3 is 0.475 bits per heavy atom. The smallest absolute Gasteiger partial charge is 0.854 e. The van der Waals surface area contributed by atoms with Crippen molar-refractivity contribution in [3.8, 4) is 0 Å². The minimum absolute atomic E-state index is 0. The predicted molar refractivity (Wildman–Crippen MR) is 238 cm³/mol. The molecule has 61 heavy (non-hydrogen) atoms. The minimum atomic E-state index is -0.411. The zero-order valence-corrected chi connectivity index (χ0v) is 40.2. The van der Waals surface area contributed by atoms with E-state index in [1.165, 1.54) is 0 Å². The van der Waals surface area contributed by atoms with Gasteiger partial charge in [0.25, 0.3) is 0 Å². The van der Waals surface area contributed by atoms with Crippen LogP contribution >= 0.6 is 0 Å². The van der Waals surface area contributed by atoms with Crippen LogP contribution < -0.4 is 20.4 Å². The third-order valence-electron chi connectivity index (χ3n) is 9.38. The van der Waals surface area contributed by atoms with E-state index in [-0.39, 0.29) is 48.1 Å². The second-order valence-electron chi connectivity index (χ2n) is 14.4. The van der Waals surface area contributed by atoms with Crippen LogP contribution in [0.5, 0.6) is 0 Å². The van der Waals surface area contributed by atoms with Gasteiger partial charge < -0.3 is 58.3 Å². The maximum atomic E-state index is 11.2. The molecule has 0 amide bonds. The van der Waals surface area contributed by atoms with Crippen LogP contribution in [0.4, 0.5) is 0 Å². The molecule has 0 N–H and O–H groups in total. The summed E-state index contributed by atoms with van der Waals surface area (Å²) >= 11 is 0. The Bertz CT molecular complexity index is 798. The molecule has 0 aliphatic heterocycles. The van der Waals surface area contributed by atoms with Gasteiger partial charge >= 0.3 is 21.7 Å². The molecule has 0 saturated carbocycles. The summed E-state index contributed by atoms with van der Waals surface area (Å²) in [6, 6.07) is 0. The van der Waals surface area contributed by atoms with Gasteiger partial charge in [-0.1, -0.05) is 76.3 Å². The van der Waals surface area contributed by atoms with Gasteiger partial charge in [-0.25, -0.2) is 0 Å². The van der Waals surface area contributed by atoms with E-state index in [1.54, 1.807) is 48.6 Å². The van der Waals surface area contributed by atoms with E-state index in [0.717, 1.165) is 25.7 Å². The molecular weight excluding hydrogens is 816 g/mol. The molecule has 0 rings (SSSR count). The van der Waals surface area contributed by atoms with Crippen molar-refractivity contribution in [2.75, 3.05) is 132 Å². The molecular formula is C48H84O12Ti. The molecule has 0 fully saturated rings. The molecule has 0 bridgehead atoms. The van der Waals surface area contributed by atoms with Crippen LogP contribution in [0.2, 0.25) is 0 Å². The molecule has 0 aromatic carbocycles. The van der Waals surface area contributed by atoms with Crippen LogP contribution in [0, 0.1) is 21.7 Å². The molecule has 13 heteroatoms. The molecule has 0 aromatic rings. The summed E-state index contributed by atoms with van der Waals surface area (Å²) in [7, 11) is 0. The van der Waals surface area contributed by atoms with Gasteiger partial charge in [0.05, 0.1) is 106 Å². The normalized spacial score (nSPS) is 11.1. The van der Waals surface area contributed by atoms with Crippen LogP contribution in [-0.4, -0.2) is 132 Å². The van der Waals surface area contributed by atoms with Gasteiger partial charge in [-0.05, 0) is 25.7 Å². The van der Waals surface area contributed by atoms with Crippen molar-refractivity contribution >= 4 is 0 Å². The van der Waals surface area contributed by atoms with E-state index in [2.05, 4.69) is 52.6 Å². The van der Waals surface area contributed by atoms with Gasteiger partial charge in [-0.15, -0.1) is 79.1 Å². The fraction of sp³-hybridized carbons (Fsp3) is 0.667. The predicted octanol–water partition coefficient (Wildman–Crippen LogP) is 4.59. The maximum absolute atomic E-state index is 11.2. The molecule has 0 aromatic heterocycles. The third kappa shape index (κ3) is 37.3. The van der Waals surface area contributed by atoms with Crippen LogP contribution in [0.3, 0.4) is 0 Å². The summed E-state index contributed by atoms with van der Waals surface area (Å²) in [5.41, 5.74) is -1.64. The Labute approximate surface area is 386 Å². The maximum Gasteiger partial charge on any atom is 4.00 e. The summed E-state index contributed by atoms with van der Waals surface area (Å²) in [6.45, 7) is 42.9. The van der Waals surface area contributed by atoms with Gasteiger partial charge in [0.1, 0.15) is 0 Å². The third-order valence-corrected chi connectivity index (χ3v) is 9.38. The first kappa shape index (κ1) is 68.2. The molecule has 0 aliphatic carbocycles. The van der Waals surface area contributed by atoms with Crippen molar-refractivity contribution in [3.05, 3.63) is 101 Å². The second kappa shape index (κ2) is 49.2. The molecule has 0 spiro atoms. The Kier molecular flexibility index (Phi) is 55.0. The fourth-order valence-corrected chi connectivity index (χ4v) is 4.59. The first-order chi connectivity index (χ1) is 29.0. The summed E-state index contributed by atoms with van der Waals surface area (Å²) in [5, 5.41) is 44.6. The van der Waals surface area contributed by atoms with Crippen molar-refractivity contribution in [1.82, 2.24) is 0 Å². The Morgan fingerprint density at radius 2 is 0.410 bits per heavy atom. The first-order valence-corrected chi connectivity index (χ1v) is 20.8. The molecule has 0 aliphatic rings. The van der Waals surface area contributed by atoms with Crippen LogP contribution in [0.1, 0.15) is 53.4 Å². The molecule has 0 saturated heterocycles. The van der Waals surface area contributed by atoms with Gasteiger partial charge in [-0.3, -0.25) is 0 Å². The Hall–Kier alpha value is -1.85. The van der Waals surface area contributed by atoms with Crippen molar-refractivity contribution in [3.63, 3.8) is 0 Å². The largest absolute Gasteiger partial charge is 4.00 e. The monoisotopic (exact) mass is 901 g/mol. The van der Waals surface area contributed by atoms with Crippen LogP contribution in [0.25, 0.3) is 0 Å². The Morgan fingerprint density at radius 1 is 0.295 bits per heavy atom. The first-order valence-electron chi connectivity index (χ1n) is 20.8. The number of ether oxygens (including phenoxy) is 8. The summed E-state index contributed by atoms with van der Waals surface area (Å²) < 4.78 is 42.7. The average molecular weight is 901 g/mol. The van der Waals surface area contributed by atoms with Crippen LogP contribution in [-0.2, 0) is 59.6 Å². The van der Waals surface area contributed by atoms with E-state index < -0.39 is 21.7 Å². The second-order valence-corrected chi connectivity index (χ2v) is 14.4. The standard InChI is InChI=1S/4C12H21O3.Ti/c4*1-4-7-14-10-12(6-3,9-13)11-15-8-5-2;/h4*4-5H,1-2,6-11H2,3H3;/q4*-1;+4. The molecule has 352 valence electrons. The Balaban J connectivity index is -0.000000227. The van der Waals surface area contributed by atoms with Crippen molar-refractivity contribution in [2.45, 2.75) is 53.4 Å². The van der Waals surface area contributed by atoms with Crippen molar-refractivity contribution in [2.24, 2.45) is 21.7 Å². The van der Waals surface area contributed by atoms with E-state index in [0.29, 0.717) is 106 Å². The molecule has 0 radical (unpaired) electrons. The summed E-state index contributed by atoms with van der Waals surface area (Å²) in [4.78, 5) is 0. The van der Waals surface area contributed by atoms with Crippen molar-refractivity contribution < 1.29 is 80.0 Å². The van der Waals surface area contributed by atoms with Gasteiger partial charge in [0.2, 0.25) is 0 Å². The van der Waals surface area contributed by atoms with E-state index >= 15 is 0 Å². The summed E-state index contributed by atoms with van der Waals surface area (Å²) in [6.07, 6.45) is 16.4. The average Bonchev–Trinajstić information content (AvgIpc) is 3.28. The van der Waals surface area contributed by atoms with Gasteiger partial charge in [0, 0.05) is 21.7 Å². The zero-order chi connectivity index (χ0) is 46.3. The van der Waals surface area contributed by atoms with E-state index in [1.807, 2.05) is 27.7 Å².